The van der Waals surface area contributed by atoms with Crippen LogP contribution in [0.1, 0.15) is 13.8 Å². The lowest BCUT2D eigenvalue weighted by Crippen LogP contribution is -2.36. The first kappa shape index (κ1) is 13.0. The van der Waals surface area contributed by atoms with Crippen molar-refractivity contribution in [2.75, 3.05) is 33.3 Å². The average molecular weight is 228 g/mol. The van der Waals surface area contributed by atoms with Gasteiger partial charge >= 0.3 is 5.97 Å². The first-order valence-electron chi connectivity index (χ1n) is 5.65. The highest BCUT2D eigenvalue weighted by Crippen LogP contribution is 2.23. The molecule has 5 heteroatoms. The second kappa shape index (κ2) is 5.84. The van der Waals surface area contributed by atoms with Crippen LogP contribution in [0.3, 0.4) is 0 Å². The largest absolute Gasteiger partial charge is 0.469 e. The average Bonchev–Trinajstić information content (AvgIpc) is 2.58. The summed E-state index contributed by atoms with van der Waals surface area (Å²) in [5.74, 6) is -0.00702. The van der Waals surface area contributed by atoms with Crippen LogP contribution in [0.5, 0.6) is 0 Å². The van der Waals surface area contributed by atoms with E-state index in [4.69, 9.17) is 4.74 Å². The predicted octanol–water partition coefficient (Wildman–Crippen LogP) is -0.137. The van der Waals surface area contributed by atoms with E-state index in [1.807, 2.05) is 18.7 Å². The molecule has 0 radical (unpaired) electrons. The normalized spacial score (nSPS) is 25.4. The maximum atomic E-state index is 11.4. The van der Waals surface area contributed by atoms with Gasteiger partial charge in [0.15, 0.2) is 0 Å². The Morgan fingerprint density at radius 3 is 2.69 bits per heavy atom. The third kappa shape index (κ3) is 3.20. The van der Waals surface area contributed by atoms with Gasteiger partial charge in [0.05, 0.1) is 19.6 Å². The molecule has 0 spiro atoms. The van der Waals surface area contributed by atoms with Gasteiger partial charge in [-0.15, -0.1) is 0 Å². The second-order valence-electron chi connectivity index (χ2n) is 4.25. The predicted molar refractivity (Wildman–Crippen MR) is 59.8 cm³/mol. The quantitative estimate of drug-likeness (QED) is 0.681. The number of carbonyl (C=O) groups is 2. The fourth-order valence-electron chi connectivity index (χ4n) is 2.11. The summed E-state index contributed by atoms with van der Waals surface area (Å²) in [6.07, 6.45) is 0. The fraction of sp³-hybridized carbons (Fsp3) is 0.818. The lowest BCUT2D eigenvalue weighted by molar-refractivity contribution is -0.146. The Kier molecular flexibility index (Phi) is 4.73. The molecule has 1 rings (SSSR count). The number of hydrogen-bond acceptors (Lipinski definition) is 4. The van der Waals surface area contributed by atoms with Gasteiger partial charge < -0.3 is 10.1 Å². The van der Waals surface area contributed by atoms with E-state index in [1.54, 1.807) is 0 Å². The van der Waals surface area contributed by atoms with Crippen molar-refractivity contribution in [3.8, 4) is 0 Å². The van der Waals surface area contributed by atoms with Crippen LogP contribution in [0.25, 0.3) is 0 Å². The third-order valence-corrected chi connectivity index (χ3v) is 2.93. The number of esters is 1. The zero-order chi connectivity index (χ0) is 12.1. The number of ether oxygens (including phenoxy) is 1. The molecule has 1 N–H and O–H groups in total. The number of likely N-dealkylation sites (N-methyl/N-ethyl adjacent to an activating group) is 1. The fourth-order valence-corrected chi connectivity index (χ4v) is 2.11. The molecule has 1 aliphatic heterocycles. The van der Waals surface area contributed by atoms with Gasteiger partial charge in [-0.05, 0) is 12.8 Å². The van der Waals surface area contributed by atoms with Crippen molar-refractivity contribution in [3.63, 3.8) is 0 Å². The lowest BCUT2D eigenvalue weighted by atomic mass is 9.99. The van der Waals surface area contributed by atoms with Gasteiger partial charge in [-0.3, -0.25) is 14.5 Å². The highest BCUT2D eigenvalue weighted by atomic mass is 16.5. The summed E-state index contributed by atoms with van der Waals surface area (Å²) >= 11 is 0. The van der Waals surface area contributed by atoms with Crippen molar-refractivity contribution >= 4 is 11.9 Å². The Bertz CT molecular complexity index is 268. The van der Waals surface area contributed by atoms with Crippen molar-refractivity contribution in [1.82, 2.24) is 10.2 Å². The molecule has 1 saturated heterocycles. The second-order valence-corrected chi connectivity index (χ2v) is 4.25. The van der Waals surface area contributed by atoms with Gasteiger partial charge in [-0.2, -0.15) is 0 Å². The van der Waals surface area contributed by atoms with Crippen LogP contribution in [0.2, 0.25) is 0 Å². The van der Waals surface area contributed by atoms with Crippen molar-refractivity contribution < 1.29 is 14.3 Å². The Hall–Kier alpha value is -1.10. The van der Waals surface area contributed by atoms with Crippen molar-refractivity contribution in [2.45, 2.75) is 13.8 Å². The van der Waals surface area contributed by atoms with E-state index in [0.29, 0.717) is 19.6 Å². The standard InChI is InChI=1S/C11H20N2O3/c1-4-12-10(14)7-13-5-8(2)9(6-13)11(15)16-3/h8-9H,4-7H2,1-3H3,(H,12,14). The molecule has 0 saturated carbocycles. The molecule has 0 aliphatic carbocycles. The molecule has 1 amide bonds. The van der Waals surface area contributed by atoms with E-state index in [0.717, 1.165) is 6.54 Å². The first-order valence-corrected chi connectivity index (χ1v) is 5.65. The molecular formula is C11H20N2O3. The Labute approximate surface area is 96.1 Å². The van der Waals surface area contributed by atoms with E-state index in [9.17, 15) is 9.59 Å². The van der Waals surface area contributed by atoms with Crippen molar-refractivity contribution in [3.05, 3.63) is 0 Å². The summed E-state index contributed by atoms with van der Waals surface area (Å²) in [6, 6.07) is 0. The summed E-state index contributed by atoms with van der Waals surface area (Å²) < 4.78 is 4.74. The minimum atomic E-state index is -0.175. The minimum Gasteiger partial charge on any atom is -0.469 e. The summed E-state index contributed by atoms with van der Waals surface area (Å²) in [5.41, 5.74) is 0. The smallest absolute Gasteiger partial charge is 0.310 e. The Morgan fingerprint density at radius 1 is 1.44 bits per heavy atom. The van der Waals surface area contributed by atoms with Gasteiger partial charge in [0.1, 0.15) is 0 Å². The molecule has 0 aromatic rings. The zero-order valence-corrected chi connectivity index (χ0v) is 10.2. The van der Waals surface area contributed by atoms with Crippen LogP contribution >= 0.6 is 0 Å². The van der Waals surface area contributed by atoms with Gasteiger partial charge in [-0.25, -0.2) is 0 Å². The summed E-state index contributed by atoms with van der Waals surface area (Å²) in [4.78, 5) is 24.8. The topological polar surface area (TPSA) is 58.6 Å². The lowest BCUT2D eigenvalue weighted by Gasteiger charge is -2.14. The third-order valence-electron chi connectivity index (χ3n) is 2.93. The van der Waals surface area contributed by atoms with Crippen LogP contribution in [-0.2, 0) is 14.3 Å². The van der Waals surface area contributed by atoms with E-state index in [-0.39, 0.29) is 23.7 Å². The zero-order valence-electron chi connectivity index (χ0n) is 10.2. The molecule has 92 valence electrons. The van der Waals surface area contributed by atoms with E-state index in [2.05, 4.69) is 5.32 Å². The number of nitrogens with zero attached hydrogens (tertiary/aromatic N) is 1. The van der Waals surface area contributed by atoms with Gasteiger partial charge in [0.25, 0.3) is 0 Å². The number of likely N-dealkylation sites (tertiary alicyclic amines) is 1. The maximum Gasteiger partial charge on any atom is 0.310 e. The summed E-state index contributed by atoms with van der Waals surface area (Å²) in [5, 5.41) is 2.75. The van der Waals surface area contributed by atoms with E-state index >= 15 is 0 Å². The van der Waals surface area contributed by atoms with Crippen molar-refractivity contribution in [1.29, 1.82) is 0 Å². The number of nitrogens with one attached hydrogen (secondary N) is 1. The maximum absolute atomic E-state index is 11.4. The molecule has 16 heavy (non-hydrogen) atoms. The SMILES string of the molecule is CCNC(=O)CN1CC(C)C(C(=O)OC)C1. The van der Waals surface area contributed by atoms with Gasteiger partial charge in [0, 0.05) is 19.6 Å². The monoisotopic (exact) mass is 228 g/mol. The number of amides is 1. The number of methoxy groups -OCH3 is 1. The summed E-state index contributed by atoms with van der Waals surface area (Å²) in [6.45, 7) is 6.30. The van der Waals surface area contributed by atoms with Gasteiger partial charge in [0.2, 0.25) is 5.91 Å². The van der Waals surface area contributed by atoms with Crippen LogP contribution in [0.15, 0.2) is 0 Å². The highest BCUT2D eigenvalue weighted by molar-refractivity contribution is 5.78. The van der Waals surface area contributed by atoms with Crippen LogP contribution in [-0.4, -0.2) is 50.1 Å². The van der Waals surface area contributed by atoms with Crippen LogP contribution < -0.4 is 5.32 Å². The molecule has 0 bridgehead atoms. The number of rotatable bonds is 4. The van der Waals surface area contributed by atoms with Gasteiger partial charge in [-0.1, -0.05) is 6.92 Å². The minimum absolute atomic E-state index is 0.0141. The molecule has 1 aliphatic rings. The number of hydrogen-bond donors (Lipinski definition) is 1. The summed E-state index contributed by atoms with van der Waals surface area (Å²) in [7, 11) is 1.40. The molecule has 2 unspecified atom stereocenters. The Morgan fingerprint density at radius 2 is 2.12 bits per heavy atom. The molecule has 1 heterocycles. The van der Waals surface area contributed by atoms with Crippen molar-refractivity contribution in [2.24, 2.45) is 11.8 Å². The molecule has 5 nitrogen and oxygen atoms in total. The highest BCUT2D eigenvalue weighted by Gasteiger charge is 2.35. The van der Waals surface area contributed by atoms with E-state index in [1.165, 1.54) is 7.11 Å². The van der Waals surface area contributed by atoms with Crippen LogP contribution in [0, 0.1) is 11.8 Å². The molecule has 1 fully saturated rings. The molecule has 2 atom stereocenters. The van der Waals surface area contributed by atoms with Crippen LogP contribution in [0.4, 0.5) is 0 Å². The molecular weight excluding hydrogens is 208 g/mol. The molecule has 0 aromatic carbocycles. The van der Waals surface area contributed by atoms with E-state index < -0.39 is 0 Å². The Balaban J connectivity index is 2.43. The molecule has 0 aromatic heterocycles. The first-order chi connectivity index (χ1) is 7.58. The number of carbonyl (C=O) groups excluding carboxylic acids is 2.